The number of hydrogen-bond acceptors (Lipinski definition) is 7. The fourth-order valence-corrected chi connectivity index (χ4v) is 4.71. The molecule has 1 saturated heterocycles. The van der Waals surface area contributed by atoms with Crippen LogP contribution in [0.4, 0.5) is 10.9 Å². The van der Waals surface area contributed by atoms with Crippen LogP contribution in [0.3, 0.4) is 0 Å². The molecule has 2 fully saturated rings. The summed E-state index contributed by atoms with van der Waals surface area (Å²) in [7, 11) is 0. The molecule has 1 N–H and O–H groups in total. The Morgan fingerprint density at radius 3 is 2.70 bits per heavy atom. The van der Waals surface area contributed by atoms with Crippen molar-refractivity contribution in [3.05, 3.63) is 36.7 Å². The van der Waals surface area contributed by atoms with Crippen LogP contribution >= 0.6 is 11.3 Å². The summed E-state index contributed by atoms with van der Waals surface area (Å²) >= 11 is 1.71. The maximum atomic E-state index is 6.19. The molecule has 0 amide bonds. The van der Waals surface area contributed by atoms with Crippen LogP contribution in [0, 0.1) is 0 Å². The summed E-state index contributed by atoms with van der Waals surface area (Å²) in [5, 5.41) is 4.54. The van der Waals surface area contributed by atoms with Gasteiger partial charge in [0.25, 0.3) is 5.88 Å². The molecule has 27 heavy (non-hydrogen) atoms. The molecule has 2 aromatic heterocycles. The van der Waals surface area contributed by atoms with Crippen LogP contribution in [-0.4, -0.2) is 40.2 Å². The van der Waals surface area contributed by atoms with Gasteiger partial charge in [0.1, 0.15) is 6.10 Å². The van der Waals surface area contributed by atoms with E-state index < -0.39 is 0 Å². The summed E-state index contributed by atoms with van der Waals surface area (Å²) < 4.78 is 7.41. The maximum Gasteiger partial charge on any atom is 0.257 e. The number of nitrogens with one attached hydrogen (secondary N) is 1. The minimum Gasteiger partial charge on any atom is -0.472 e. The fourth-order valence-electron chi connectivity index (χ4n) is 3.77. The predicted octanol–water partition coefficient (Wildman–Crippen LogP) is 4.10. The summed E-state index contributed by atoms with van der Waals surface area (Å²) in [6.07, 6.45) is 9.33. The standard InChI is InChI=1S/C20H23N5OS/c1-4-10-25(11-5-1)18-19(22-9-8-21-18)26-15-12-14(13-15)23-20-24-16-6-2-3-7-17(16)27-20/h2-3,6-9,14-15H,1,4-5,10-13H2,(H,23,24)/t14-,15+. The third kappa shape index (κ3) is 3.56. The highest BCUT2D eigenvalue weighted by atomic mass is 32.1. The lowest BCUT2D eigenvalue weighted by Gasteiger charge is -2.36. The van der Waals surface area contributed by atoms with Gasteiger partial charge in [-0.25, -0.2) is 15.0 Å². The average Bonchev–Trinajstić information content (AvgIpc) is 3.10. The molecular formula is C20H23N5OS. The number of ether oxygens (including phenoxy) is 1. The monoisotopic (exact) mass is 381 g/mol. The second kappa shape index (κ2) is 7.31. The van der Waals surface area contributed by atoms with Crippen molar-refractivity contribution >= 4 is 32.5 Å². The molecule has 7 heteroatoms. The molecule has 1 aliphatic carbocycles. The molecule has 1 saturated carbocycles. The Bertz CT molecular complexity index is 884. The third-order valence-electron chi connectivity index (χ3n) is 5.30. The van der Waals surface area contributed by atoms with Crippen LogP contribution in [0.25, 0.3) is 10.2 Å². The number of rotatable bonds is 5. The molecule has 5 rings (SSSR count). The van der Waals surface area contributed by atoms with E-state index >= 15 is 0 Å². The number of aromatic nitrogens is 3. The van der Waals surface area contributed by atoms with Crippen molar-refractivity contribution in [1.29, 1.82) is 0 Å². The molecule has 2 aliphatic rings. The lowest BCUT2D eigenvalue weighted by Crippen LogP contribution is -2.43. The molecular weight excluding hydrogens is 358 g/mol. The molecule has 3 heterocycles. The van der Waals surface area contributed by atoms with Gasteiger partial charge in [-0.1, -0.05) is 23.5 Å². The highest BCUT2D eigenvalue weighted by Crippen LogP contribution is 2.34. The first kappa shape index (κ1) is 16.7. The predicted molar refractivity (Wildman–Crippen MR) is 109 cm³/mol. The van der Waals surface area contributed by atoms with Gasteiger partial charge < -0.3 is 15.0 Å². The van der Waals surface area contributed by atoms with E-state index in [2.05, 4.69) is 43.4 Å². The Balaban J connectivity index is 1.19. The van der Waals surface area contributed by atoms with E-state index in [1.54, 1.807) is 23.7 Å². The van der Waals surface area contributed by atoms with Crippen molar-refractivity contribution in [3.8, 4) is 5.88 Å². The molecule has 140 valence electrons. The van der Waals surface area contributed by atoms with Crippen molar-refractivity contribution in [2.24, 2.45) is 0 Å². The molecule has 0 spiro atoms. The van der Waals surface area contributed by atoms with Gasteiger partial charge in [0, 0.05) is 44.4 Å². The summed E-state index contributed by atoms with van der Waals surface area (Å²) in [4.78, 5) is 16.0. The summed E-state index contributed by atoms with van der Waals surface area (Å²) in [6.45, 7) is 2.09. The van der Waals surface area contributed by atoms with Gasteiger partial charge in [0.15, 0.2) is 10.9 Å². The minimum absolute atomic E-state index is 0.192. The largest absolute Gasteiger partial charge is 0.472 e. The number of para-hydroxylation sites is 1. The van der Waals surface area contributed by atoms with Crippen LogP contribution < -0.4 is 15.0 Å². The zero-order valence-corrected chi connectivity index (χ0v) is 16.0. The molecule has 0 bridgehead atoms. The van der Waals surface area contributed by atoms with Crippen molar-refractivity contribution in [1.82, 2.24) is 15.0 Å². The van der Waals surface area contributed by atoms with E-state index in [9.17, 15) is 0 Å². The van der Waals surface area contributed by atoms with E-state index in [-0.39, 0.29) is 6.10 Å². The molecule has 1 aliphatic heterocycles. The molecule has 0 unspecified atom stereocenters. The minimum atomic E-state index is 0.192. The van der Waals surface area contributed by atoms with Gasteiger partial charge >= 0.3 is 0 Å². The highest BCUT2D eigenvalue weighted by molar-refractivity contribution is 7.22. The Morgan fingerprint density at radius 2 is 1.85 bits per heavy atom. The van der Waals surface area contributed by atoms with Gasteiger partial charge in [-0.2, -0.15) is 0 Å². The number of fused-ring (bicyclic) bond motifs is 1. The summed E-state index contributed by atoms with van der Waals surface area (Å²) in [5.74, 6) is 1.59. The van der Waals surface area contributed by atoms with Gasteiger partial charge in [0.2, 0.25) is 0 Å². The first-order chi connectivity index (χ1) is 13.3. The van der Waals surface area contributed by atoms with Gasteiger partial charge in [-0.3, -0.25) is 0 Å². The number of anilines is 2. The first-order valence-corrected chi connectivity index (χ1v) is 10.5. The zero-order chi connectivity index (χ0) is 18.1. The van der Waals surface area contributed by atoms with Crippen LogP contribution in [0.5, 0.6) is 5.88 Å². The highest BCUT2D eigenvalue weighted by Gasteiger charge is 2.33. The summed E-state index contributed by atoms with van der Waals surface area (Å²) in [6, 6.07) is 8.66. The quantitative estimate of drug-likeness (QED) is 0.718. The zero-order valence-electron chi connectivity index (χ0n) is 15.2. The van der Waals surface area contributed by atoms with Crippen molar-refractivity contribution in [2.45, 2.75) is 44.2 Å². The fraction of sp³-hybridized carbons (Fsp3) is 0.450. The van der Waals surface area contributed by atoms with E-state index in [0.717, 1.165) is 42.4 Å². The topological polar surface area (TPSA) is 63.2 Å². The lowest BCUT2D eigenvalue weighted by molar-refractivity contribution is 0.103. The number of benzene rings is 1. The number of nitrogens with zero attached hydrogens (tertiary/aromatic N) is 4. The Hall–Kier alpha value is -2.41. The average molecular weight is 382 g/mol. The number of piperidine rings is 1. The van der Waals surface area contributed by atoms with E-state index in [1.807, 2.05) is 6.07 Å². The first-order valence-electron chi connectivity index (χ1n) is 9.70. The molecule has 0 radical (unpaired) electrons. The molecule has 1 aromatic carbocycles. The van der Waals surface area contributed by atoms with E-state index in [0.29, 0.717) is 11.9 Å². The van der Waals surface area contributed by atoms with Gasteiger partial charge in [0.05, 0.1) is 10.2 Å². The second-order valence-electron chi connectivity index (χ2n) is 7.27. The Morgan fingerprint density at radius 1 is 1.04 bits per heavy atom. The van der Waals surface area contributed by atoms with Crippen molar-refractivity contribution < 1.29 is 4.74 Å². The SMILES string of the molecule is c1ccc2sc(N[C@H]3C[C@@H](Oc4nccnc4N4CCCCC4)C3)nc2c1. The smallest absolute Gasteiger partial charge is 0.257 e. The number of thiazole rings is 1. The maximum absolute atomic E-state index is 6.19. The second-order valence-corrected chi connectivity index (χ2v) is 8.30. The van der Waals surface area contributed by atoms with Crippen molar-refractivity contribution in [3.63, 3.8) is 0 Å². The normalized spacial score (nSPS) is 22.4. The number of hydrogen-bond donors (Lipinski definition) is 1. The van der Waals surface area contributed by atoms with Gasteiger partial charge in [-0.05, 0) is 31.4 Å². The van der Waals surface area contributed by atoms with Crippen LogP contribution in [0.2, 0.25) is 0 Å². The molecule has 0 atom stereocenters. The van der Waals surface area contributed by atoms with E-state index in [4.69, 9.17) is 4.74 Å². The van der Waals surface area contributed by atoms with E-state index in [1.165, 1.54) is 24.0 Å². The van der Waals surface area contributed by atoms with Crippen LogP contribution in [0.15, 0.2) is 36.7 Å². The summed E-state index contributed by atoms with van der Waals surface area (Å²) in [5.41, 5.74) is 1.06. The van der Waals surface area contributed by atoms with Crippen LogP contribution in [0.1, 0.15) is 32.1 Å². The lowest BCUT2D eigenvalue weighted by atomic mass is 9.89. The Labute approximate surface area is 162 Å². The Kier molecular flexibility index (Phi) is 4.53. The molecule has 6 nitrogen and oxygen atoms in total. The van der Waals surface area contributed by atoms with Crippen molar-refractivity contribution in [2.75, 3.05) is 23.3 Å². The van der Waals surface area contributed by atoms with Crippen LogP contribution in [-0.2, 0) is 0 Å². The molecule has 3 aromatic rings. The van der Waals surface area contributed by atoms with Gasteiger partial charge in [-0.15, -0.1) is 0 Å². The third-order valence-corrected chi connectivity index (χ3v) is 6.26.